The zero-order valence-electron chi connectivity index (χ0n) is 17.4. The highest BCUT2D eigenvalue weighted by atomic mass is 19.1. The normalized spacial score (nSPS) is 15.7. The van der Waals surface area contributed by atoms with E-state index in [9.17, 15) is 28.9 Å². The Kier molecular flexibility index (Phi) is 7.14. The van der Waals surface area contributed by atoms with Crippen LogP contribution in [0.3, 0.4) is 0 Å². The molecule has 2 aromatic carbocycles. The lowest BCUT2D eigenvalue weighted by atomic mass is 9.97. The van der Waals surface area contributed by atoms with Gasteiger partial charge in [-0.15, -0.1) is 0 Å². The molecule has 9 nitrogen and oxygen atoms in total. The molecule has 1 aliphatic rings. The van der Waals surface area contributed by atoms with Gasteiger partial charge in [0.15, 0.2) is 6.61 Å². The predicted octanol–water partition coefficient (Wildman–Crippen LogP) is 3.08. The number of hydrogen-bond donors (Lipinski definition) is 1. The van der Waals surface area contributed by atoms with Crippen LogP contribution >= 0.6 is 0 Å². The lowest BCUT2D eigenvalue weighted by Gasteiger charge is -2.31. The number of nitro benzene ring substituents is 1. The highest BCUT2D eigenvalue weighted by Crippen LogP contribution is 2.25. The standard InChI is InChI=1S/C22H22FN3O6/c1-14-4-9-18(19(11-14)26(30)31)24-20(27)13-32-22(29)16-3-2-10-25(12-16)21(28)15-5-7-17(23)8-6-15/h4-9,11,16H,2-3,10,12-13H2,1H3,(H,24,27). The highest BCUT2D eigenvalue weighted by molar-refractivity contribution is 5.96. The van der Waals surface area contributed by atoms with Crippen LogP contribution in [0.2, 0.25) is 0 Å². The first-order valence-electron chi connectivity index (χ1n) is 10.0. The summed E-state index contributed by atoms with van der Waals surface area (Å²) >= 11 is 0. The van der Waals surface area contributed by atoms with Gasteiger partial charge in [-0.25, -0.2) is 4.39 Å². The number of nitro groups is 1. The summed E-state index contributed by atoms with van der Waals surface area (Å²) in [5, 5.41) is 13.5. The fraction of sp³-hybridized carbons (Fsp3) is 0.318. The van der Waals surface area contributed by atoms with Gasteiger partial charge in [0, 0.05) is 24.7 Å². The third-order valence-electron chi connectivity index (χ3n) is 5.10. The Morgan fingerprint density at radius 1 is 1.22 bits per heavy atom. The average Bonchev–Trinajstić information content (AvgIpc) is 2.78. The molecular weight excluding hydrogens is 421 g/mol. The van der Waals surface area contributed by atoms with Crippen LogP contribution in [0, 0.1) is 28.8 Å². The van der Waals surface area contributed by atoms with E-state index in [0.717, 1.165) is 0 Å². The number of carbonyl (C=O) groups is 3. The number of ether oxygens (including phenoxy) is 1. The fourth-order valence-corrected chi connectivity index (χ4v) is 3.47. The summed E-state index contributed by atoms with van der Waals surface area (Å²) in [4.78, 5) is 49.2. The quantitative estimate of drug-likeness (QED) is 0.416. The summed E-state index contributed by atoms with van der Waals surface area (Å²) < 4.78 is 18.2. The second kappa shape index (κ2) is 9.99. The largest absolute Gasteiger partial charge is 0.455 e. The van der Waals surface area contributed by atoms with Crippen molar-refractivity contribution in [3.05, 3.63) is 69.5 Å². The Balaban J connectivity index is 1.54. The number of nitrogens with zero attached hydrogens (tertiary/aromatic N) is 2. The third kappa shape index (κ3) is 5.65. The van der Waals surface area contributed by atoms with Crippen molar-refractivity contribution in [1.82, 2.24) is 4.90 Å². The van der Waals surface area contributed by atoms with Gasteiger partial charge in [0.1, 0.15) is 11.5 Å². The summed E-state index contributed by atoms with van der Waals surface area (Å²) in [6.45, 7) is 1.67. The van der Waals surface area contributed by atoms with E-state index in [1.165, 1.54) is 41.3 Å². The molecule has 1 unspecified atom stereocenters. The van der Waals surface area contributed by atoms with E-state index in [4.69, 9.17) is 4.74 Å². The number of anilines is 1. The molecule has 0 aromatic heterocycles. The summed E-state index contributed by atoms with van der Waals surface area (Å²) in [7, 11) is 0. The number of aryl methyl sites for hydroxylation is 1. The van der Waals surface area contributed by atoms with Crippen molar-refractivity contribution in [2.75, 3.05) is 25.0 Å². The fourth-order valence-electron chi connectivity index (χ4n) is 3.47. The van der Waals surface area contributed by atoms with Crippen molar-refractivity contribution in [2.24, 2.45) is 5.92 Å². The third-order valence-corrected chi connectivity index (χ3v) is 5.10. The Hall–Kier alpha value is -3.82. The van der Waals surface area contributed by atoms with Gasteiger partial charge in [-0.3, -0.25) is 24.5 Å². The smallest absolute Gasteiger partial charge is 0.311 e. The molecule has 0 aliphatic carbocycles. The van der Waals surface area contributed by atoms with Gasteiger partial charge < -0.3 is 15.0 Å². The molecule has 168 valence electrons. The number of nitrogens with one attached hydrogen (secondary N) is 1. The van der Waals surface area contributed by atoms with Crippen LogP contribution in [0.5, 0.6) is 0 Å². The number of benzene rings is 2. The van der Waals surface area contributed by atoms with Gasteiger partial charge in [0.25, 0.3) is 17.5 Å². The van der Waals surface area contributed by atoms with Crippen molar-refractivity contribution in [3.63, 3.8) is 0 Å². The SMILES string of the molecule is Cc1ccc(NC(=O)COC(=O)C2CCCN(C(=O)c3ccc(F)cc3)C2)c([N+](=O)[O-])c1. The second-order valence-electron chi connectivity index (χ2n) is 7.53. The van der Waals surface area contributed by atoms with Crippen LogP contribution in [0.15, 0.2) is 42.5 Å². The van der Waals surface area contributed by atoms with Crippen molar-refractivity contribution in [3.8, 4) is 0 Å². The van der Waals surface area contributed by atoms with E-state index in [1.54, 1.807) is 13.0 Å². The summed E-state index contributed by atoms with van der Waals surface area (Å²) in [5.74, 6) is -2.70. The molecule has 32 heavy (non-hydrogen) atoms. The van der Waals surface area contributed by atoms with Gasteiger partial charge in [-0.1, -0.05) is 6.07 Å². The van der Waals surface area contributed by atoms with Crippen LogP contribution in [0.4, 0.5) is 15.8 Å². The molecular formula is C22H22FN3O6. The number of hydrogen-bond acceptors (Lipinski definition) is 6. The van der Waals surface area contributed by atoms with Crippen LogP contribution in [0.25, 0.3) is 0 Å². The van der Waals surface area contributed by atoms with Crippen molar-refractivity contribution in [2.45, 2.75) is 19.8 Å². The average molecular weight is 443 g/mol. The molecule has 0 spiro atoms. The summed E-state index contributed by atoms with van der Waals surface area (Å²) in [5.41, 5.74) is 0.736. The Bertz CT molecular complexity index is 1040. The maximum atomic E-state index is 13.1. The molecule has 0 bridgehead atoms. The molecule has 1 saturated heterocycles. The lowest BCUT2D eigenvalue weighted by molar-refractivity contribution is -0.384. The van der Waals surface area contributed by atoms with E-state index in [2.05, 4.69) is 5.32 Å². The van der Waals surface area contributed by atoms with Crippen molar-refractivity contribution >= 4 is 29.2 Å². The molecule has 1 heterocycles. The topological polar surface area (TPSA) is 119 Å². The molecule has 3 rings (SSSR count). The number of likely N-dealkylation sites (tertiary alicyclic amines) is 1. The first-order valence-corrected chi connectivity index (χ1v) is 10.0. The molecule has 10 heteroatoms. The monoisotopic (exact) mass is 443 g/mol. The van der Waals surface area contributed by atoms with Gasteiger partial charge >= 0.3 is 5.97 Å². The Morgan fingerprint density at radius 3 is 2.62 bits per heavy atom. The molecule has 1 fully saturated rings. The Labute approximate surface area is 183 Å². The molecule has 1 aliphatic heterocycles. The van der Waals surface area contributed by atoms with Crippen molar-refractivity contribution < 1.29 is 28.4 Å². The van der Waals surface area contributed by atoms with E-state index in [1.807, 2.05) is 0 Å². The van der Waals surface area contributed by atoms with Gasteiger partial charge in [-0.2, -0.15) is 0 Å². The van der Waals surface area contributed by atoms with E-state index < -0.39 is 35.1 Å². The maximum Gasteiger partial charge on any atom is 0.311 e. The molecule has 1 atom stereocenters. The number of halogens is 1. The summed E-state index contributed by atoms with van der Waals surface area (Å²) in [6, 6.07) is 9.51. The number of piperidine rings is 1. The van der Waals surface area contributed by atoms with Gasteiger partial charge in [0.05, 0.1) is 10.8 Å². The molecule has 1 N–H and O–H groups in total. The van der Waals surface area contributed by atoms with Crippen LogP contribution in [-0.4, -0.2) is 47.3 Å². The Morgan fingerprint density at radius 2 is 1.94 bits per heavy atom. The van der Waals surface area contributed by atoms with Gasteiger partial charge in [-0.05, 0) is 55.7 Å². The first kappa shape index (κ1) is 22.9. The molecule has 0 radical (unpaired) electrons. The summed E-state index contributed by atoms with van der Waals surface area (Å²) in [6.07, 6.45) is 1.07. The van der Waals surface area contributed by atoms with Crippen molar-refractivity contribution in [1.29, 1.82) is 0 Å². The number of esters is 1. The zero-order chi connectivity index (χ0) is 23.3. The van der Waals surface area contributed by atoms with E-state index in [-0.39, 0.29) is 23.8 Å². The molecule has 2 aromatic rings. The van der Waals surface area contributed by atoms with Crippen LogP contribution < -0.4 is 5.32 Å². The van der Waals surface area contributed by atoms with E-state index >= 15 is 0 Å². The van der Waals surface area contributed by atoms with Crippen LogP contribution in [-0.2, 0) is 14.3 Å². The molecule has 2 amide bonds. The van der Waals surface area contributed by atoms with Gasteiger partial charge in [0.2, 0.25) is 0 Å². The lowest BCUT2D eigenvalue weighted by Crippen LogP contribution is -2.43. The number of carbonyl (C=O) groups excluding carboxylic acids is 3. The minimum Gasteiger partial charge on any atom is -0.455 e. The number of rotatable bonds is 6. The van der Waals surface area contributed by atoms with Crippen LogP contribution in [0.1, 0.15) is 28.8 Å². The first-order chi connectivity index (χ1) is 15.2. The zero-order valence-corrected chi connectivity index (χ0v) is 17.4. The minimum atomic E-state index is -0.708. The minimum absolute atomic E-state index is 0.00962. The van der Waals surface area contributed by atoms with E-state index in [0.29, 0.717) is 30.5 Å². The second-order valence-corrected chi connectivity index (χ2v) is 7.53. The molecule has 0 saturated carbocycles. The predicted molar refractivity (Wildman–Crippen MR) is 112 cm³/mol. The number of amides is 2. The highest BCUT2D eigenvalue weighted by Gasteiger charge is 2.30. The maximum absolute atomic E-state index is 13.1.